The van der Waals surface area contributed by atoms with Crippen LogP contribution in [-0.2, 0) is 0 Å². The van der Waals surface area contributed by atoms with Gasteiger partial charge in [-0.2, -0.15) is 0 Å². The Morgan fingerprint density at radius 2 is 1.97 bits per heavy atom. The van der Waals surface area contributed by atoms with E-state index in [0.717, 1.165) is 6.07 Å². The van der Waals surface area contributed by atoms with Gasteiger partial charge in [-0.3, -0.25) is 14.2 Å². The van der Waals surface area contributed by atoms with E-state index in [9.17, 15) is 26.7 Å². The van der Waals surface area contributed by atoms with E-state index in [2.05, 4.69) is 15.3 Å². The Bertz CT molecular complexity index is 921. The van der Waals surface area contributed by atoms with Crippen molar-refractivity contribution in [1.29, 1.82) is 0 Å². The maximum absolute atomic E-state index is 14.2. The van der Waals surface area contributed by atoms with Gasteiger partial charge in [0.25, 0.3) is 11.8 Å². The lowest BCUT2D eigenvalue weighted by Crippen LogP contribution is -2.34. The number of hydrogen-bond donors (Lipinski definition) is 2. The van der Waals surface area contributed by atoms with E-state index in [1.165, 1.54) is 18.3 Å². The van der Waals surface area contributed by atoms with Crippen LogP contribution in [0.3, 0.4) is 0 Å². The Morgan fingerprint density at radius 1 is 1.28 bits per heavy atom. The summed E-state index contributed by atoms with van der Waals surface area (Å²) < 4.78 is 66.0. The van der Waals surface area contributed by atoms with Gasteiger partial charge in [0.05, 0.1) is 18.0 Å². The fourth-order valence-electron chi connectivity index (χ4n) is 2.64. The van der Waals surface area contributed by atoms with Crippen molar-refractivity contribution in [3.05, 3.63) is 58.4 Å². The van der Waals surface area contributed by atoms with Crippen LogP contribution in [0, 0.1) is 11.6 Å². The fraction of sp³-hybridized carbons (Fsp3) is 0.278. The maximum Gasteiger partial charge on any atom is 0.274 e. The molecule has 2 aromatic rings. The molecule has 1 aromatic carbocycles. The van der Waals surface area contributed by atoms with Crippen LogP contribution in [-0.4, -0.2) is 29.8 Å². The Labute approximate surface area is 167 Å². The standard InChI is InChI=1S/C17H13ClF4N4O.CH3F/c18-8-1-2-12(24-7-8)16(27)25-9-5-10(14(20)11(19)6-9)15-17(21,22)4-3-13(23)26-15;1-2/h1-2,5-7,15H,3-4H2,(H2,23,26)(H,25,27);1H3. The number of nitrogens with zero attached hydrogens (tertiary/aromatic N) is 2. The predicted molar refractivity (Wildman–Crippen MR) is 99.1 cm³/mol. The minimum Gasteiger partial charge on any atom is -0.387 e. The zero-order valence-electron chi connectivity index (χ0n) is 15.0. The van der Waals surface area contributed by atoms with Crippen LogP contribution in [0.25, 0.3) is 0 Å². The van der Waals surface area contributed by atoms with Gasteiger partial charge >= 0.3 is 0 Å². The number of anilines is 1. The highest BCUT2D eigenvalue weighted by Crippen LogP contribution is 2.43. The van der Waals surface area contributed by atoms with Crippen LogP contribution in [0.2, 0.25) is 5.02 Å². The molecule has 1 aromatic heterocycles. The van der Waals surface area contributed by atoms with Crippen LogP contribution in [0.15, 0.2) is 35.5 Å². The molecule has 0 bridgehead atoms. The lowest BCUT2D eigenvalue weighted by Gasteiger charge is -2.29. The number of hydrogen-bond acceptors (Lipinski definition) is 4. The van der Waals surface area contributed by atoms with Crippen molar-refractivity contribution in [3.63, 3.8) is 0 Å². The molecule has 0 radical (unpaired) electrons. The minimum absolute atomic E-state index is 0.0454. The molecule has 0 spiro atoms. The van der Waals surface area contributed by atoms with Crippen LogP contribution >= 0.6 is 11.6 Å². The fourth-order valence-corrected chi connectivity index (χ4v) is 2.75. The summed E-state index contributed by atoms with van der Waals surface area (Å²) in [7, 11) is 0.500. The second-order valence-electron chi connectivity index (χ2n) is 5.96. The van der Waals surface area contributed by atoms with E-state index < -0.39 is 41.5 Å². The van der Waals surface area contributed by atoms with Crippen LogP contribution in [0.4, 0.5) is 27.6 Å². The van der Waals surface area contributed by atoms with Gasteiger partial charge in [-0.1, -0.05) is 11.6 Å². The number of benzene rings is 1. The monoisotopic (exact) mass is 434 g/mol. The van der Waals surface area contributed by atoms with Gasteiger partial charge in [0, 0.05) is 36.4 Å². The summed E-state index contributed by atoms with van der Waals surface area (Å²) in [6, 6.07) is 2.35. The average molecular weight is 435 g/mol. The highest BCUT2D eigenvalue weighted by Gasteiger charge is 2.44. The number of amidine groups is 1. The summed E-state index contributed by atoms with van der Waals surface area (Å²) in [5.41, 5.74) is 4.53. The Hall–Kier alpha value is -2.75. The van der Waals surface area contributed by atoms with Gasteiger partial charge in [0.1, 0.15) is 11.7 Å². The molecular weight excluding hydrogens is 419 g/mol. The highest BCUT2D eigenvalue weighted by molar-refractivity contribution is 6.30. The minimum atomic E-state index is -3.41. The molecule has 1 unspecified atom stereocenters. The Morgan fingerprint density at radius 3 is 2.59 bits per heavy atom. The smallest absolute Gasteiger partial charge is 0.274 e. The summed E-state index contributed by atoms with van der Waals surface area (Å²) >= 11 is 5.68. The largest absolute Gasteiger partial charge is 0.387 e. The van der Waals surface area contributed by atoms with Crippen molar-refractivity contribution < 1.29 is 26.7 Å². The summed E-state index contributed by atoms with van der Waals surface area (Å²) in [6.07, 6.45) is 0.443. The lowest BCUT2D eigenvalue weighted by molar-refractivity contribution is -0.0371. The first-order valence-electron chi connectivity index (χ1n) is 8.17. The number of amides is 1. The summed E-state index contributed by atoms with van der Waals surface area (Å²) in [5, 5.41) is 2.59. The lowest BCUT2D eigenvalue weighted by atomic mass is 9.93. The second kappa shape index (κ2) is 9.17. The first kappa shape index (κ1) is 22.5. The third kappa shape index (κ3) is 5.20. The molecule has 1 aliphatic heterocycles. The third-order valence-corrected chi connectivity index (χ3v) is 4.20. The molecule has 5 nitrogen and oxygen atoms in total. The van der Waals surface area contributed by atoms with Crippen molar-refractivity contribution in [2.75, 3.05) is 12.5 Å². The van der Waals surface area contributed by atoms with Gasteiger partial charge < -0.3 is 11.1 Å². The first-order valence-corrected chi connectivity index (χ1v) is 8.55. The molecule has 3 rings (SSSR count). The third-order valence-electron chi connectivity index (χ3n) is 3.98. The molecule has 1 atom stereocenters. The second-order valence-corrected chi connectivity index (χ2v) is 6.40. The molecule has 0 fully saturated rings. The van der Waals surface area contributed by atoms with Gasteiger partial charge in [-0.15, -0.1) is 0 Å². The van der Waals surface area contributed by atoms with Gasteiger partial charge in [-0.05, 0) is 18.2 Å². The summed E-state index contributed by atoms with van der Waals surface area (Å²) in [4.78, 5) is 19.5. The summed E-state index contributed by atoms with van der Waals surface area (Å²) in [6.45, 7) is 0. The molecule has 2 heterocycles. The van der Waals surface area contributed by atoms with E-state index in [-0.39, 0.29) is 23.6 Å². The summed E-state index contributed by atoms with van der Waals surface area (Å²) in [5.74, 6) is -7.10. The number of carbonyl (C=O) groups is 1. The quantitative estimate of drug-likeness (QED) is 0.688. The van der Waals surface area contributed by atoms with E-state index in [1.54, 1.807) is 0 Å². The van der Waals surface area contributed by atoms with E-state index in [0.29, 0.717) is 18.3 Å². The van der Waals surface area contributed by atoms with Crippen molar-refractivity contribution >= 4 is 29.0 Å². The van der Waals surface area contributed by atoms with Crippen molar-refractivity contribution in [2.24, 2.45) is 10.7 Å². The molecule has 1 aliphatic rings. The number of alkyl halides is 3. The molecule has 0 saturated carbocycles. The molecule has 156 valence electrons. The number of rotatable bonds is 3. The van der Waals surface area contributed by atoms with Crippen LogP contribution < -0.4 is 11.1 Å². The van der Waals surface area contributed by atoms with Crippen molar-refractivity contribution in [1.82, 2.24) is 4.98 Å². The predicted octanol–water partition coefficient (Wildman–Crippen LogP) is 4.68. The van der Waals surface area contributed by atoms with Crippen LogP contribution in [0.1, 0.15) is 34.9 Å². The maximum atomic E-state index is 14.2. The molecule has 11 heteroatoms. The van der Waals surface area contributed by atoms with E-state index in [1.807, 2.05) is 0 Å². The van der Waals surface area contributed by atoms with E-state index in [4.69, 9.17) is 17.3 Å². The number of aliphatic imine (C=N–C) groups is 1. The Balaban J connectivity index is 0.00000145. The van der Waals surface area contributed by atoms with Gasteiger partial charge in [0.2, 0.25) is 0 Å². The highest BCUT2D eigenvalue weighted by atomic mass is 35.5. The van der Waals surface area contributed by atoms with Crippen molar-refractivity contribution in [2.45, 2.75) is 24.8 Å². The normalized spacial score (nSPS) is 17.6. The number of aromatic nitrogens is 1. The first-order chi connectivity index (χ1) is 13.7. The number of nitrogens with two attached hydrogens (primary N) is 1. The molecular formula is C18H16ClF5N4O. The number of nitrogens with one attached hydrogen (secondary N) is 1. The topological polar surface area (TPSA) is 80.4 Å². The SMILES string of the molecule is CF.NC1=NC(c2cc(NC(=O)c3ccc(Cl)cn3)cc(F)c2F)C(F)(F)CC1. The van der Waals surface area contributed by atoms with Crippen molar-refractivity contribution in [3.8, 4) is 0 Å². The van der Waals surface area contributed by atoms with E-state index >= 15 is 0 Å². The van der Waals surface area contributed by atoms with Gasteiger partial charge in [-0.25, -0.2) is 22.5 Å². The number of pyridine rings is 1. The zero-order valence-corrected chi connectivity index (χ0v) is 15.8. The Kier molecular flexibility index (Phi) is 7.12. The van der Waals surface area contributed by atoms with Gasteiger partial charge in [0.15, 0.2) is 11.6 Å². The molecule has 3 N–H and O–H groups in total. The number of carbonyl (C=O) groups excluding carboxylic acids is 1. The molecule has 0 saturated heterocycles. The number of halogens is 6. The molecule has 0 aliphatic carbocycles. The zero-order chi connectivity index (χ0) is 21.8. The van der Waals surface area contributed by atoms with Crippen LogP contribution in [0.5, 0.6) is 0 Å². The average Bonchev–Trinajstić information content (AvgIpc) is 2.68. The molecule has 1 amide bonds. The molecule has 29 heavy (non-hydrogen) atoms.